The van der Waals surface area contributed by atoms with Gasteiger partial charge in [-0.05, 0) is 42.2 Å². The van der Waals surface area contributed by atoms with E-state index in [1.807, 2.05) is 13.0 Å². The normalized spacial score (nSPS) is 12.0. The minimum Gasteiger partial charge on any atom is -0.493 e. The largest absolute Gasteiger partial charge is 0.493 e. The molecule has 5 nitrogen and oxygen atoms in total. The van der Waals surface area contributed by atoms with Crippen LogP contribution in [0.15, 0.2) is 48.1 Å². The van der Waals surface area contributed by atoms with Crippen LogP contribution in [0.1, 0.15) is 32.3 Å². The van der Waals surface area contributed by atoms with Crippen molar-refractivity contribution in [2.24, 2.45) is 0 Å². The average Bonchev–Trinajstić information content (AvgIpc) is 2.59. The molecule has 0 aliphatic rings. The van der Waals surface area contributed by atoms with Gasteiger partial charge in [-0.15, -0.1) is 0 Å². The summed E-state index contributed by atoms with van der Waals surface area (Å²) in [7, 11) is 1.55. The lowest BCUT2D eigenvalue weighted by Crippen LogP contribution is -2.02. The van der Waals surface area contributed by atoms with E-state index < -0.39 is 5.97 Å². The highest BCUT2D eigenvalue weighted by atomic mass is 16.5. The lowest BCUT2D eigenvalue weighted by Gasteiger charge is -2.12. The fourth-order valence-electron chi connectivity index (χ4n) is 2.28. The summed E-state index contributed by atoms with van der Waals surface area (Å²) in [4.78, 5) is 11.3. The fraction of sp³-hybridized carbons (Fsp3) is 0.350. The SMILES string of the molecule is C=C(/C=C(C)/C(=C\CC)C(=O)O)c1ccc(OCCCO)c(OC)c1. The van der Waals surface area contributed by atoms with Crippen molar-refractivity contribution in [3.8, 4) is 11.5 Å². The zero-order valence-corrected chi connectivity index (χ0v) is 15.0. The highest BCUT2D eigenvalue weighted by molar-refractivity contribution is 5.92. The first-order valence-corrected chi connectivity index (χ1v) is 8.17. The molecule has 0 atom stereocenters. The first kappa shape index (κ1) is 20.5. The van der Waals surface area contributed by atoms with Gasteiger partial charge in [0.1, 0.15) is 0 Å². The maximum absolute atomic E-state index is 11.3. The molecule has 0 bridgehead atoms. The van der Waals surface area contributed by atoms with Gasteiger partial charge in [-0.25, -0.2) is 4.79 Å². The van der Waals surface area contributed by atoms with Crippen molar-refractivity contribution < 1.29 is 24.5 Å². The number of allylic oxidation sites excluding steroid dienone is 3. The van der Waals surface area contributed by atoms with Gasteiger partial charge in [0, 0.05) is 13.0 Å². The topological polar surface area (TPSA) is 76.0 Å². The Hall–Kier alpha value is -2.53. The van der Waals surface area contributed by atoms with Gasteiger partial charge in [-0.1, -0.05) is 31.7 Å². The number of aliphatic carboxylic acids is 1. The van der Waals surface area contributed by atoms with E-state index in [0.29, 0.717) is 42.1 Å². The average molecular weight is 346 g/mol. The van der Waals surface area contributed by atoms with Crippen LogP contribution in [0.5, 0.6) is 11.5 Å². The summed E-state index contributed by atoms with van der Waals surface area (Å²) >= 11 is 0. The van der Waals surface area contributed by atoms with E-state index in [1.165, 1.54) is 0 Å². The van der Waals surface area contributed by atoms with Gasteiger partial charge >= 0.3 is 5.97 Å². The Morgan fingerprint density at radius 3 is 2.60 bits per heavy atom. The lowest BCUT2D eigenvalue weighted by atomic mass is 10.00. The number of aliphatic hydroxyl groups is 1. The molecule has 25 heavy (non-hydrogen) atoms. The van der Waals surface area contributed by atoms with E-state index >= 15 is 0 Å². The summed E-state index contributed by atoms with van der Waals surface area (Å²) < 4.78 is 10.9. The first-order chi connectivity index (χ1) is 11.9. The Kier molecular flexibility index (Phi) is 8.50. The highest BCUT2D eigenvalue weighted by Gasteiger charge is 2.11. The van der Waals surface area contributed by atoms with E-state index in [4.69, 9.17) is 14.6 Å². The Morgan fingerprint density at radius 1 is 1.32 bits per heavy atom. The van der Waals surface area contributed by atoms with Crippen LogP contribution in [0.3, 0.4) is 0 Å². The quantitative estimate of drug-likeness (QED) is 0.382. The molecule has 0 spiro atoms. The van der Waals surface area contributed by atoms with Gasteiger partial charge in [0.2, 0.25) is 0 Å². The molecule has 5 heteroatoms. The number of aliphatic hydroxyl groups excluding tert-OH is 1. The molecule has 136 valence electrons. The van der Waals surface area contributed by atoms with Crippen molar-refractivity contribution in [3.05, 3.63) is 53.6 Å². The number of benzene rings is 1. The molecule has 0 radical (unpaired) electrons. The number of carbonyl (C=O) groups is 1. The molecule has 0 heterocycles. The van der Waals surface area contributed by atoms with Crippen LogP contribution in [0.25, 0.3) is 5.57 Å². The molecular weight excluding hydrogens is 320 g/mol. The van der Waals surface area contributed by atoms with Gasteiger partial charge in [0.05, 0.1) is 19.3 Å². The molecule has 0 fully saturated rings. The molecule has 0 saturated carbocycles. The second-order valence-electron chi connectivity index (χ2n) is 5.48. The molecule has 1 aromatic rings. The van der Waals surface area contributed by atoms with Crippen molar-refractivity contribution in [1.82, 2.24) is 0 Å². The lowest BCUT2D eigenvalue weighted by molar-refractivity contribution is -0.132. The van der Waals surface area contributed by atoms with Crippen molar-refractivity contribution in [3.63, 3.8) is 0 Å². The van der Waals surface area contributed by atoms with Crippen LogP contribution in [0.2, 0.25) is 0 Å². The van der Waals surface area contributed by atoms with Crippen LogP contribution in [0, 0.1) is 0 Å². The molecule has 0 saturated heterocycles. The van der Waals surface area contributed by atoms with Crippen LogP contribution >= 0.6 is 0 Å². The second-order valence-corrected chi connectivity index (χ2v) is 5.48. The summed E-state index contributed by atoms with van der Waals surface area (Å²) in [6.45, 7) is 8.14. The molecule has 0 unspecified atom stereocenters. The van der Waals surface area contributed by atoms with Gasteiger partial charge in [0.15, 0.2) is 11.5 Å². The van der Waals surface area contributed by atoms with Crippen molar-refractivity contribution >= 4 is 11.5 Å². The summed E-state index contributed by atoms with van der Waals surface area (Å²) in [6, 6.07) is 5.41. The van der Waals surface area contributed by atoms with E-state index in [2.05, 4.69) is 6.58 Å². The third-order valence-corrected chi connectivity index (χ3v) is 3.55. The molecule has 0 aromatic heterocycles. The smallest absolute Gasteiger partial charge is 0.335 e. The predicted octanol–water partition coefficient (Wildman–Crippen LogP) is 3.84. The van der Waals surface area contributed by atoms with Crippen LogP contribution in [-0.2, 0) is 4.79 Å². The number of rotatable bonds is 10. The Bertz CT molecular complexity index is 671. The summed E-state index contributed by atoms with van der Waals surface area (Å²) in [5.74, 6) is 0.198. The minimum absolute atomic E-state index is 0.0679. The van der Waals surface area contributed by atoms with Crippen molar-refractivity contribution in [2.75, 3.05) is 20.3 Å². The number of carboxylic acid groups (broad SMARTS) is 1. The predicted molar refractivity (Wildman–Crippen MR) is 99.0 cm³/mol. The van der Waals surface area contributed by atoms with Crippen molar-refractivity contribution in [1.29, 1.82) is 0 Å². The van der Waals surface area contributed by atoms with E-state index in [0.717, 1.165) is 5.56 Å². The molecule has 1 rings (SSSR count). The number of hydrogen-bond donors (Lipinski definition) is 2. The number of methoxy groups -OCH3 is 1. The molecular formula is C20H26O5. The van der Waals surface area contributed by atoms with Crippen LogP contribution < -0.4 is 9.47 Å². The highest BCUT2D eigenvalue weighted by Crippen LogP contribution is 2.31. The zero-order chi connectivity index (χ0) is 18.8. The Balaban J connectivity index is 3.03. The van der Waals surface area contributed by atoms with Gasteiger partial charge in [0.25, 0.3) is 0 Å². The van der Waals surface area contributed by atoms with Crippen LogP contribution in [-0.4, -0.2) is 36.5 Å². The Labute approximate surface area is 148 Å². The fourth-order valence-corrected chi connectivity index (χ4v) is 2.28. The molecule has 2 N–H and O–H groups in total. The number of ether oxygens (including phenoxy) is 2. The van der Waals surface area contributed by atoms with Crippen LogP contribution in [0.4, 0.5) is 0 Å². The number of hydrogen-bond acceptors (Lipinski definition) is 4. The molecule has 0 amide bonds. The van der Waals surface area contributed by atoms with Gasteiger partial charge in [-0.3, -0.25) is 0 Å². The van der Waals surface area contributed by atoms with Crippen molar-refractivity contribution in [2.45, 2.75) is 26.7 Å². The molecule has 0 aliphatic heterocycles. The number of carboxylic acids is 1. The maximum atomic E-state index is 11.3. The van der Waals surface area contributed by atoms with E-state index in [9.17, 15) is 9.90 Å². The van der Waals surface area contributed by atoms with Gasteiger partial charge in [-0.2, -0.15) is 0 Å². The molecule has 1 aromatic carbocycles. The van der Waals surface area contributed by atoms with E-state index in [-0.39, 0.29) is 12.2 Å². The third kappa shape index (κ3) is 6.12. The maximum Gasteiger partial charge on any atom is 0.335 e. The zero-order valence-electron chi connectivity index (χ0n) is 15.0. The Morgan fingerprint density at radius 2 is 2.04 bits per heavy atom. The summed E-state index contributed by atoms with van der Waals surface area (Å²) in [5.41, 5.74) is 2.41. The van der Waals surface area contributed by atoms with Gasteiger partial charge < -0.3 is 19.7 Å². The summed E-state index contributed by atoms with van der Waals surface area (Å²) in [6.07, 6.45) is 4.62. The minimum atomic E-state index is -0.950. The third-order valence-electron chi connectivity index (χ3n) is 3.55. The van der Waals surface area contributed by atoms with E-state index in [1.54, 1.807) is 38.3 Å². The monoisotopic (exact) mass is 346 g/mol. The summed E-state index contributed by atoms with van der Waals surface area (Å²) in [5, 5.41) is 18.1. The standard InChI is InChI=1S/C20H26O5/c1-5-7-17(20(22)23)15(3)12-14(2)16-8-9-18(19(13-16)24-4)25-11-6-10-21/h7-9,12-13,21H,2,5-6,10-11H2,1,3-4H3,(H,22,23)/b15-12+,17-7+. The molecule has 0 aliphatic carbocycles. The second kappa shape index (κ2) is 10.4. The first-order valence-electron chi connectivity index (χ1n) is 8.17.